The Morgan fingerprint density at radius 1 is 1.06 bits per heavy atom. The lowest BCUT2D eigenvalue weighted by molar-refractivity contribution is 0.533. The van der Waals surface area contributed by atoms with Gasteiger partial charge in [0.15, 0.2) is 16.6 Å². The highest BCUT2D eigenvalue weighted by Gasteiger charge is 2.35. The van der Waals surface area contributed by atoms with Crippen molar-refractivity contribution in [1.82, 2.24) is 0 Å². The molecule has 1 nitrogen and oxygen atoms in total. The summed E-state index contributed by atoms with van der Waals surface area (Å²) in [5, 5.41) is 0. The molecule has 1 aromatic carbocycles. The van der Waals surface area contributed by atoms with Gasteiger partial charge in [-0.15, -0.1) is 11.6 Å². The van der Waals surface area contributed by atoms with Crippen LogP contribution in [0, 0.1) is 0 Å². The van der Waals surface area contributed by atoms with E-state index in [1.807, 2.05) is 0 Å². The van der Waals surface area contributed by atoms with Crippen LogP contribution in [0.4, 0.5) is 0 Å². The molecule has 0 aliphatic rings. The summed E-state index contributed by atoms with van der Waals surface area (Å²) in [5.74, 6) is 0.584. The van der Waals surface area contributed by atoms with Crippen molar-refractivity contribution in [2.24, 2.45) is 0 Å². The first-order valence-electron chi connectivity index (χ1n) is 6.51. The first kappa shape index (κ1) is 16.0. The highest BCUT2D eigenvalue weighted by Crippen LogP contribution is 2.30. The van der Waals surface area contributed by atoms with E-state index in [9.17, 15) is 0 Å². The molecule has 18 heavy (non-hydrogen) atoms. The summed E-state index contributed by atoms with van der Waals surface area (Å²) in [4.78, 5) is 0. The van der Waals surface area contributed by atoms with E-state index in [1.54, 1.807) is 0 Å². The minimum absolute atomic E-state index is 0.508. The van der Waals surface area contributed by atoms with E-state index in [-0.39, 0.29) is 0 Å². The summed E-state index contributed by atoms with van der Waals surface area (Å²) in [6.45, 7) is 13.8. The van der Waals surface area contributed by atoms with E-state index < -0.39 is 16.6 Å². The van der Waals surface area contributed by atoms with Gasteiger partial charge in [0, 0.05) is 5.88 Å². The molecule has 0 saturated heterocycles. The SMILES string of the molecule is CC(c1ccc(CCl)cc1)[Si](C)(C)O[Si](C)(C)C. The van der Waals surface area contributed by atoms with E-state index in [1.165, 1.54) is 11.1 Å². The summed E-state index contributed by atoms with van der Waals surface area (Å²) >= 11 is 5.83. The first-order valence-corrected chi connectivity index (χ1v) is 13.4. The predicted octanol–water partition coefficient (Wildman–Crippen LogP) is 5.12. The van der Waals surface area contributed by atoms with Gasteiger partial charge in [-0.1, -0.05) is 31.2 Å². The Morgan fingerprint density at radius 3 is 1.94 bits per heavy atom. The number of halogens is 1. The van der Waals surface area contributed by atoms with Gasteiger partial charge in [-0.25, -0.2) is 0 Å². The second-order valence-corrected chi connectivity index (χ2v) is 15.8. The molecule has 4 heteroatoms. The molecule has 102 valence electrons. The standard InChI is InChI=1S/C14H25ClOSi2/c1-12(18(5,6)16-17(2,3)4)14-9-7-13(11-15)8-10-14/h7-10,12H,11H2,1-6H3. The average molecular weight is 301 g/mol. The topological polar surface area (TPSA) is 9.23 Å². The van der Waals surface area contributed by atoms with E-state index >= 15 is 0 Å². The molecule has 1 aromatic rings. The zero-order valence-corrected chi connectivity index (χ0v) is 15.1. The van der Waals surface area contributed by atoms with E-state index in [4.69, 9.17) is 15.7 Å². The van der Waals surface area contributed by atoms with Crippen molar-refractivity contribution in [2.75, 3.05) is 0 Å². The zero-order chi connectivity index (χ0) is 14.0. The Bertz CT molecular complexity index is 382. The summed E-state index contributed by atoms with van der Waals surface area (Å²) in [6, 6.07) is 8.64. The molecule has 0 amide bonds. The van der Waals surface area contributed by atoms with Crippen LogP contribution in [0.15, 0.2) is 24.3 Å². The maximum absolute atomic E-state index is 6.45. The minimum atomic E-state index is -1.68. The molecule has 0 bridgehead atoms. The molecular weight excluding hydrogens is 276 g/mol. The van der Waals surface area contributed by atoms with Crippen LogP contribution in [-0.4, -0.2) is 16.6 Å². The van der Waals surface area contributed by atoms with E-state index in [0.29, 0.717) is 11.4 Å². The molecule has 0 N–H and O–H groups in total. The average Bonchev–Trinajstić information content (AvgIpc) is 2.25. The largest absolute Gasteiger partial charge is 0.455 e. The van der Waals surface area contributed by atoms with Gasteiger partial charge < -0.3 is 4.12 Å². The van der Waals surface area contributed by atoms with E-state index in [0.717, 1.165) is 0 Å². The molecule has 0 aliphatic carbocycles. The molecular formula is C14H25ClOSi2. The molecule has 0 spiro atoms. The van der Waals surface area contributed by atoms with Crippen molar-refractivity contribution in [3.63, 3.8) is 0 Å². The van der Waals surface area contributed by atoms with Crippen molar-refractivity contribution in [3.05, 3.63) is 35.4 Å². The van der Waals surface area contributed by atoms with Crippen molar-refractivity contribution in [3.8, 4) is 0 Å². The number of hydrogen-bond donors (Lipinski definition) is 0. The quantitative estimate of drug-likeness (QED) is 0.541. The van der Waals surface area contributed by atoms with Crippen LogP contribution >= 0.6 is 11.6 Å². The van der Waals surface area contributed by atoms with Crippen LogP contribution in [0.2, 0.25) is 32.7 Å². The van der Waals surface area contributed by atoms with Crippen molar-refractivity contribution < 1.29 is 4.12 Å². The third-order valence-corrected chi connectivity index (χ3v) is 10.5. The van der Waals surface area contributed by atoms with Gasteiger partial charge in [-0.2, -0.15) is 0 Å². The van der Waals surface area contributed by atoms with Gasteiger partial charge in [-0.3, -0.25) is 0 Å². The van der Waals surface area contributed by atoms with Gasteiger partial charge in [0.25, 0.3) is 0 Å². The summed E-state index contributed by atoms with van der Waals surface area (Å²) in [7, 11) is -3.15. The highest BCUT2D eigenvalue weighted by molar-refractivity contribution is 6.84. The lowest BCUT2D eigenvalue weighted by Crippen LogP contribution is -2.46. The first-order chi connectivity index (χ1) is 8.15. The molecule has 0 saturated carbocycles. The molecule has 0 fully saturated rings. The second kappa shape index (κ2) is 5.91. The number of hydrogen-bond acceptors (Lipinski definition) is 1. The fraction of sp³-hybridized carbons (Fsp3) is 0.571. The van der Waals surface area contributed by atoms with Gasteiger partial charge >= 0.3 is 0 Å². The molecule has 1 rings (SSSR count). The molecule has 0 aliphatic heterocycles. The summed E-state index contributed by atoms with van der Waals surface area (Å²) in [6.07, 6.45) is 0. The highest BCUT2D eigenvalue weighted by atomic mass is 35.5. The minimum Gasteiger partial charge on any atom is -0.455 e. The van der Waals surface area contributed by atoms with Crippen molar-refractivity contribution in [2.45, 2.75) is 51.1 Å². The van der Waals surface area contributed by atoms with Gasteiger partial charge in [0.05, 0.1) is 0 Å². The second-order valence-electron chi connectivity index (χ2n) is 6.41. The van der Waals surface area contributed by atoms with Crippen LogP contribution < -0.4 is 0 Å². The Morgan fingerprint density at radius 2 is 1.56 bits per heavy atom. The third-order valence-electron chi connectivity index (χ3n) is 3.25. The Balaban J connectivity index is 2.87. The van der Waals surface area contributed by atoms with Crippen molar-refractivity contribution >= 4 is 28.2 Å². The van der Waals surface area contributed by atoms with Gasteiger partial charge in [0.1, 0.15) is 0 Å². The van der Waals surface area contributed by atoms with Gasteiger partial charge in [0.2, 0.25) is 0 Å². The van der Waals surface area contributed by atoms with Crippen LogP contribution in [0.5, 0.6) is 0 Å². The molecule has 0 heterocycles. The molecule has 0 aromatic heterocycles. The zero-order valence-electron chi connectivity index (χ0n) is 12.4. The lowest BCUT2D eigenvalue weighted by atomic mass is 10.1. The maximum atomic E-state index is 6.45. The molecule has 1 unspecified atom stereocenters. The Hall–Kier alpha value is -0.0962. The van der Waals surface area contributed by atoms with E-state index in [2.05, 4.69) is 63.9 Å². The smallest absolute Gasteiger partial charge is 0.180 e. The fourth-order valence-corrected chi connectivity index (χ4v) is 10.4. The maximum Gasteiger partial charge on any atom is 0.180 e. The number of alkyl halides is 1. The molecule has 0 radical (unpaired) electrons. The normalized spacial score (nSPS) is 14.6. The molecule has 1 atom stereocenters. The lowest BCUT2D eigenvalue weighted by Gasteiger charge is -2.36. The summed E-state index contributed by atoms with van der Waals surface area (Å²) in [5.41, 5.74) is 3.06. The van der Waals surface area contributed by atoms with Crippen molar-refractivity contribution in [1.29, 1.82) is 0 Å². The third kappa shape index (κ3) is 4.54. The Labute approximate surface area is 119 Å². The van der Waals surface area contributed by atoms with Crippen LogP contribution in [0.1, 0.15) is 23.6 Å². The van der Waals surface area contributed by atoms with Crippen LogP contribution in [-0.2, 0) is 10.00 Å². The number of benzene rings is 1. The number of rotatable bonds is 5. The van der Waals surface area contributed by atoms with Gasteiger partial charge in [-0.05, 0) is 49.4 Å². The fourth-order valence-electron chi connectivity index (χ4n) is 2.17. The Kier molecular flexibility index (Phi) is 5.24. The predicted molar refractivity (Wildman–Crippen MR) is 86.3 cm³/mol. The monoisotopic (exact) mass is 300 g/mol. The van der Waals surface area contributed by atoms with Crippen LogP contribution in [0.25, 0.3) is 0 Å². The summed E-state index contributed by atoms with van der Waals surface area (Å²) < 4.78 is 6.45. The van der Waals surface area contributed by atoms with Crippen LogP contribution in [0.3, 0.4) is 0 Å².